The van der Waals surface area contributed by atoms with Crippen molar-refractivity contribution in [3.8, 4) is 45.6 Å². The van der Waals surface area contributed by atoms with Gasteiger partial charge in [-0.1, -0.05) is 18.2 Å². The number of hydrogen-bond donors (Lipinski definition) is 1. The maximum Gasteiger partial charge on any atom is 0.573 e. The summed E-state index contributed by atoms with van der Waals surface area (Å²) in [6.07, 6.45) is -5.13. The van der Waals surface area contributed by atoms with Gasteiger partial charge in [0.2, 0.25) is 5.71 Å². The lowest BCUT2D eigenvalue weighted by molar-refractivity contribution is -0.275. The Kier molecular flexibility index (Phi) is 8.28. The largest absolute Gasteiger partial charge is 0.573 e. The van der Waals surface area contributed by atoms with Gasteiger partial charge in [0.05, 0.1) is 11.6 Å². The van der Waals surface area contributed by atoms with Crippen LogP contribution in [0.25, 0.3) is 22.3 Å². The van der Waals surface area contributed by atoms with Gasteiger partial charge in [-0.05, 0) is 59.7 Å². The Morgan fingerprint density at radius 3 is 1.64 bits per heavy atom. The minimum atomic E-state index is -5.13. The lowest BCUT2D eigenvalue weighted by Crippen LogP contribution is -2.31. The van der Waals surface area contributed by atoms with Gasteiger partial charge >= 0.3 is 18.3 Å². The predicted octanol–water partition coefficient (Wildman–Crippen LogP) is 6.74. The van der Waals surface area contributed by atoms with E-state index in [1.54, 1.807) is 0 Å². The molecule has 4 aromatic rings. The smallest absolute Gasteiger partial charge is 0.422 e. The maximum absolute atomic E-state index is 14.6. The monoisotopic (exact) mass is 584 g/mol. The molecule has 0 aliphatic rings. The van der Waals surface area contributed by atoms with Crippen molar-refractivity contribution in [3.63, 3.8) is 0 Å². The Balaban J connectivity index is 1.40. The minimum Gasteiger partial charge on any atom is -0.422 e. The molecule has 212 valence electrons. The van der Waals surface area contributed by atoms with E-state index in [2.05, 4.69) is 4.74 Å². The van der Waals surface area contributed by atoms with Gasteiger partial charge in [-0.3, -0.25) is 5.41 Å². The van der Waals surface area contributed by atoms with E-state index in [1.807, 2.05) is 6.07 Å². The minimum absolute atomic E-state index is 0.132. The zero-order valence-electron chi connectivity index (χ0n) is 20.8. The maximum atomic E-state index is 14.6. The second-order valence-electron chi connectivity index (χ2n) is 8.32. The quantitative estimate of drug-likeness (QED) is 0.0848. The van der Waals surface area contributed by atoms with Crippen LogP contribution < -0.4 is 14.2 Å². The fourth-order valence-corrected chi connectivity index (χ4v) is 3.59. The highest BCUT2D eigenvalue weighted by Gasteiger charge is 2.32. The van der Waals surface area contributed by atoms with E-state index in [9.17, 15) is 35.9 Å². The third-order valence-electron chi connectivity index (χ3n) is 5.50. The van der Waals surface area contributed by atoms with Crippen molar-refractivity contribution < 1.29 is 50.1 Å². The second kappa shape index (κ2) is 11.8. The van der Waals surface area contributed by atoms with Gasteiger partial charge in [-0.15, -0.1) is 13.2 Å². The van der Waals surface area contributed by atoms with Crippen LogP contribution in [0.2, 0.25) is 0 Å². The first-order valence-corrected chi connectivity index (χ1v) is 11.5. The second-order valence-corrected chi connectivity index (χ2v) is 8.32. The van der Waals surface area contributed by atoms with Crippen molar-refractivity contribution in [2.24, 2.45) is 0 Å². The Bertz CT molecular complexity index is 1750. The van der Waals surface area contributed by atoms with Crippen LogP contribution in [0.15, 0.2) is 78.9 Å². The zero-order valence-corrected chi connectivity index (χ0v) is 20.8. The number of ether oxygens (including phenoxy) is 3. The molecule has 0 amide bonds. The number of esters is 2. The Labute approximate surface area is 232 Å². The molecule has 0 radical (unpaired) electrons. The molecule has 0 unspecified atom stereocenters. The summed E-state index contributed by atoms with van der Waals surface area (Å²) in [6, 6.07) is 16.3. The number of nitrogens with one attached hydrogen (secondary N) is 1. The highest BCUT2D eigenvalue weighted by atomic mass is 19.4. The number of rotatable bonds is 7. The highest BCUT2D eigenvalue weighted by molar-refractivity contribution is 6.62. The number of nitriles is 1. The lowest BCUT2D eigenvalue weighted by atomic mass is 10.0. The van der Waals surface area contributed by atoms with Crippen LogP contribution in [-0.2, 0) is 9.59 Å². The predicted molar refractivity (Wildman–Crippen MR) is 134 cm³/mol. The summed E-state index contributed by atoms with van der Waals surface area (Å²) in [5.74, 6) is -8.23. The summed E-state index contributed by atoms with van der Waals surface area (Å²) < 4.78 is 93.4. The molecule has 0 spiro atoms. The van der Waals surface area contributed by atoms with E-state index >= 15 is 0 Å². The molecular weight excluding hydrogens is 570 g/mol. The van der Waals surface area contributed by atoms with Crippen molar-refractivity contribution in [1.82, 2.24) is 0 Å². The standard InChI is InChI=1S/C29H14F6N2O5/c30-22-12-18(6-8-20(22)16-3-1-15(14-36)2-4-16)40-27(38)26(37)28(39)41-19-7-9-21(23(31)13-19)17-5-10-25(24(32)11-17)42-29(33,34)35/h1-13,37H. The van der Waals surface area contributed by atoms with E-state index in [1.165, 1.54) is 36.4 Å². The first-order valence-electron chi connectivity index (χ1n) is 11.5. The number of alkyl halides is 3. The van der Waals surface area contributed by atoms with Crippen LogP contribution in [0.4, 0.5) is 26.3 Å². The van der Waals surface area contributed by atoms with E-state index < -0.39 is 53.0 Å². The van der Waals surface area contributed by atoms with Crippen LogP contribution in [0.1, 0.15) is 5.56 Å². The van der Waals surface area contributed by atoms with E-state index in [0.717, 1.165) is 24.3 Å². The van der Waals surface area contributed by atoms with E-state index in [4.69, 9.17) is 20.1 Å². The van der Waals surface area contributed by atoms with Gasteiger partial charge in [0, 0.05) is 23.3 Å². The number of hydrogen-bond acceptors (Lipinski definition) is 7. The van der Waals surface area contributed by atoms with Gasteiger partial charge < -0.3 is 14.2 Å². The number of halogens is 6. The Morgan fingerprint density at radius 2 is 1.19 bits per heavy atom. The van der Waals surface area contributed by atoms with E-state index in [-0.39, 0.29) is 22.4 Å². The molecule has 0 saturated heterocycles. The highest BCUT2D eigenvalue weighted by Crippen LogP contribution is 2.32. The normalized spacial score (nSPS) is 10.9. The molecule has 0 aromatic heterocycles. The SMILES string of the molecule is N#Cc1ccc(-c2ccc(OC(=O)C(=N)C(=O)Oc3ccc(-c4ccc(OC(F)(F)F)c(F)c4)c(F)c3)cc2F)cc1. The van der Waals surface area contributed by atoms with Crippen molar-refractivity contribution in [2.75, 3.05) is 0 Å². The summed E-state index contributed by atoms with van der Waals surface area (Å²) in [4.78, 5) is 24.5. The fraction of sp³-hybridized carbons (Fsp3) is 0.0345. The van der Waals surface area contributed by atoms with Gasteiger partial charge in [0.15, 0.2) is 11.6 Å². The van der Waals surface area contributed by atoms with Gasteiger partial charge in [0.1, 0.15) is 23.1 Å². The van der Waals surface area contributed by atoms with Crippen molar-refractivity contribution >= 4 is 17.7 Å². The lowest BCUT2D eigenvalue weighted by Gasteiger charge is -2.11. The topological polar surface area (TPSA) is 109 Å². The molecule has 0 atom stereocenters. The summed E-state index contributed by atoms with van der Waals surface area (Å²) in [6.45, 7) is 0. The molecule has 42 heavy (non-hydrogen) atoms. The molecule has 0 heterocycles. The van der Waals surface area contributed by atoms with Crippen molar-refractivity contribution in [1.29, 1.82) is 10.7 Å². The molecule has 4 rings (SSSR count). The van der Waals surface area contributed by atoms with Crippen molar-refractivity contribution in [2.45, 2.75) is 6.36 Å². The molecule has 0 bridgehead atoms. The van der Waals surface area contributed by atoms with Crippen LogP contribution in [0.5, 0.6) is 17.2 Å². The van der Waals surface area contributed by atoms with E-state index in [0.29, 0.717) is 29.3 Å². The number of benzene rings is 4. The third kappa shape index (κ3) is 6.92. The summed E-state index contributed by atoms with van der Waals surface area (Å²) >= 11 is 0. The van der Waals surface area contributed by atoms with Crippen molar-refractivity contribution in [3.05, 3.63) is 102 Å². The molecule has 1 N–H and O–H groups in total. The molecule has 4 aromatic carbocycles. The Hall–Kier alpha value is -5.64. The van der Waals surface area contributed by atoms with Crippen LogP contribution in [0, 0.1) is 34.2 Å². The van der Waals surface area contributed by atoms with Crippen LogP contribution >= 0.6 is 0 Å². The number of carbonyl (C=O) groups excluding carboxylic acids is 2. The first-order chi connectivity index (χ1) is 19.8. The number of nitrogens with zero attached hydrogens (tertiary/aromatic N) is 1. The molecular formula is C29H14F6N2O5. The third-order valence-corrected chi connectivity index (χ3v) is 5.50. The zero-order chi connectivity index (χ0) is 30.6. The molecule has 0 aliphatic heterocycles. The average molecular weight is 584 g/mol. The molecule has 7 nitrogen and oxygen atoms in total. The average Bonchev–Trinajstić information content (AvgIpc) is 2.93. The molecule has 0 saturated carbocycles. The molecule has 0 aliphatic carbocycles. The van der Waals surface area contributed by atoms with Gasteiger partial charge in [0.25, 0.3) is 0 Å². The summed E-state index contributed by atoms with van der Waals surface area (Å²) in [5, 5.41) is 16.6. The van der Waals surface area contributed by atoms with Gasteiger partial charge in [-0.2, -0.15) is 5.26 Å². The van der Waals surface area contributed by atoms with Gasteiger partial charge in [-0.25, -0.2) is 22.8 Å². The molecule has 0 fully saturated rings. The first kappa shape index (κ1) is 29.3. The summed E-state index contributed by atoms with van der Waals surface area (Å²) in [7, 11) is 0. The number of carbonyl (C=O) groups is 2. The fourth-order valence-electron chi connectivity index (χ4n) is 3.59. The molecule has 13 heteroatoms. The Morgan fingerprint density at radius 1 is 0.690 bits per heavy atom. The summed E-state index contributed by atoms with van der Waals surface area (Å²) in [5.41, 5.74) is -0.792. The van der Waals surface area contributed by atoms with Crippen LogP contribution in [-0.4, -0.2) is 24.0 Å². The van der Waals surface area contributed by atoms with Crippen LogP contribution in [0.3, 0.4) is 0 Å².